The lowest BCUT2D eigenvalue weighted by molar-refractivity contribution is 0.319. The Morgan fingerprint density at radius 3 is 3.00 bits per heavy atom. The van der Waals surface area contributed by atoms with E-state index < -0.39 is 0 Å². The van der Waals surface area contributed by atoms with Crippen molar-refractivity contribution in [2.75, 3.05) is 24.2 Å². The highest BCUT2D eigenvalue weighted by Crippen LogP contribution is 2.23. The number of nitrogens with zero attached hydrogens (tertiary/aromatic N) is 3. The number of rotatable bonds is 8. The minimum Gasteiger partial charge on any atom is -0.491 e. The Hall–Kier alpha value is -2.31. The maximum Gasteiger partial charge on any atom is 0.263 e. The molecule has 7 nitrogen and oxygen atoms in total. The van der Waals surface area contributed by atoms with Crippen LogP contribution in [-0.4, -0.2) is 33.8 Å². The summed E-state index contributed by atoms with van der Waals surface area (Å²) in [4.78, 5) is 0. The van der Waals surface area contributed by atoms with Crippen molar-refractivity contribution in [2.45, 2.75) is 26.2 Å². The van der Waals surface area contributed by atoms with Crippen LogP contribution in [0, 0.1) is 0 Å². The molecule has 108 valence electrons. The zero-order valence-electron chi connectivity index (χ0n) is 11.6. The minimum atomic E-state index is 0.521. The summed E-state index contributed by atoms with van der Waals surface area (Å²) in [7, 11) is 0. The maximum atomic E-state index is 5.97. The van der Waals surface area contributed by atoms with Crippen molar-refractivity contribution in [3.8, 4) is 5.75 Å². The summed E-state index contributed by atoms with van der Waals surface area (Å²) in [5.74, 6) is 1.29. The number of aromatic nitrogens is 4. The molecule has 0 aliphatic carbocycles. The average Bonchev–Trinajstić information content (AvgIpc) is 2.96. The monoisotopic (exact) mass is 276 g/mol. The maximum absolute atomic E-state index is 5.97. The van der Waals surface area contributed by atoms with Gasteiger partial charge in [0.2, 0.25) is 0 Å². The van der Waals surface area contributed by atoms with Crippen LogP contribution < -0.4 is 15.8 Å². The third-order valence-electron chi connectivity index (χ3n) is 2.81. The Bertz CT molecular complexity index is 514. The molecule has 0 amide bonds. The first kappa shape index (κ1) is 14.1. The van der Waals surface area contributed by atoms with E-state index in [0.29, 0.717) is 18.2 Å². The summed E-state index contributed by atoms with van der Waals surface area (Å²) in [6.07, 6.45) is 2.87. The fourth-order valence-corrected chi connectivity index (χ4v) is 1.83. The SMILES string of the molecule is CCCOc1ccc(CCCNc2nn[nH]n2)cc1N. The molecular formula is C13H20N6O. The second-order valence-electron chi connectivity index (χ2n) is 4.49. The summed E-state index contributed by atoms with van der Waals surface area (Å²) in [6.45, 7) is 3.55. The van der Waals surface area contributed by atoms with Crippen LogP contribution in [0.3, 0.4) is 0 Å². The number of anilines is 2. The number of tetrazole rings is 1. The van der Waals surface area contributed by atoms with E-state index in [9.17, 15) is 0 Å². The van der Waals surface area contributed by atoms with Gasteiger partial charge in [-0.1, -0.05) is 18.1 Å². The largest absolute Gasteiger partial charge is 0.491 e. The predicted molar refractivity (Wildman–Crippen MR) is 77.6 cm³/mol. The van der Waals surface area contributed by atoms with Gasteiger partial charge in [0.25, 0.3) is 5.95 Å². The molecule has 4 N–H and O–H groups in total. The molecule has 0 aliphatic rings. The molecule has 0 aliphatic heterocycles. The number of aryl methyl sites for hydroxylation is 1. The number of benzene rings is 1. The molecule has 0 fully saturated rings. The Morgan fingerprint density at radius 2 is 2.30 bits per heavy atom. The number of aromatic amines is 1. The Kier molecular flexibility index (Phi) is 5.16. The molecule has 0 saturated heterocycles. The van der Waals surface area contributed by atoms with E-state index in [-0.39, 0.29) is 0 Å². The molecule has 2 aromatic rings. The molecule has 0 atom stereocenters. The average molecular weight is 276 g/mol. The molecule has 1 heterocycles. The van der Waals surface area contributed by atoms with Gasteiger partial charge in [0, 0.05) is 6.54 Å². The smallest absolute Gasteiger partial charge is 0.263 e. The van der Waals surface area contributed by atoms with Gasteiger partial charge >= 0.3 is 0 Å². The van der Waals surface area contributed by atoms with Crippen LogP contribution >= 0.6 is 0 Å². The third-order valence-corrected chi connectivity index (χ3v) is 2.81. The third kappa shape index (κ3) is 4.11. The number of nitrogen functional groups attached to an aromatic ring is 1. The van der Waals surface area contributed by atoms with Crippen molar-refractivity contribution in [1.29, 1.82) is 0 Å². The van der Waals surface area contributed by atoms with Crippen LogP contribution in [0.4, 0.5) is 11.6 Å². The van der Waals surface area contributed by atoms with Gasteiger partial charge in [-0.15, -0.1) is 5.10 Å². The van der Waals surface area contributed by atoms with Crippen LogP contribution in [0.1, 0.15) is 25.3 Å². The van der Waals surface area contributed by atoms with Gasteiger partial charge in [0.05, 0.1) is 12.3 Å². The molecule has 0 saturated carbocycles. The van der Waals surface area contributed by atoms with Crippen LogP contribution in [0.15, 0.2) is 18.2 Å². The molecule has 0 radical (unpaired) electrons. The molecule has 20 heavy (non-hydrogen) atoms. The lowest BCUT2D eigenvalue weighted by atomic mass is 10.1. The molecule has 0 spiro atoms. The highest BCUT2D eigenvalue weighted by atomic mass is 16.5. The van der Waals surface area contributed by atoms with E-state index in [2.05, 4.69) is 38.9 Å². The quantitative estimate of drug-likeness (QED) is 0.500. The van der Waals surface area contributed by atoms with Gasteiger partial charge in [-0.2, -0.15) is 5.21 Å². The summed E-state index contributed by atoms with van der Waals surface area (Å²) >= 11 is 0. The summed E-state index contributed by atoms with van der Waals surface area (Å²) in [5.41, 5.74) is 7.86. The van der Waals surface area contributed by atoms with E-state index in [4.69, 9.17) is 10.5 Å². The predicted octanol–water partition coefficient (Wildman–Crippen LogP) is 1.62. The molecule has 2 rings (SSSR count). The number of hydrogen-bond acceptors (Lipinski definition) is 6. The standard InChI is InChI=1S/C13H20N6O/c1-2-8-20-12-6-5-10(9-11(12)14)4-3-7-15-13-16-18-19-17-13/h5-6,9H,2-4,7-8,14H2,1H3,(H2,15,16,17,18,19). The highest BCUT2D eigenvalue weighted by Gasteiger charge is 2.02. The van der Waals surface area contributed by atoms with Gasteiger partial charge < -0.3 is 15.8 Å². The van der Waals surface area contributed by atoms with E-state index in [1.165, 1.54) is 5.56 Å². The molecule has 7 heteroatoms. The van der Waals surface area contributed by atoms with E-state index in [1.807, 2.05) is 12.1 Å². The zero-order valence-corrected chi connectivity index (χ0v) is 11.6. The van der Waals surface area contributed by atoms with E-state index in [1.54, 1.807) is 0 Å². The second-order valence-corrected chi connectivity index (χ2v) is 4.49. The number of hydrogen-bond donors (Lipinski definition) is 3. The second kappa shape index (κ2) is 7.32. The summed E-state index contributed by atoms with van der Waals surface area (Å²) in [6, 6.07) is 5.96. The van der Waals surface area contributed by atoms with Crippen molar-refractivity contribution < 1.29 is 4.74 Å². The van der Waals surface area contributed by atoms with Crippen LogP contribution in [-0.2, 0) is 6.42 Å². The van der Waals surface area contributed by atoms with Crippen molar-refractivity contribution >= 4 is 11.6 Å². The van der Waals surface area contributed by atoms with Crippen molar-refractivity contribution in [3.05, 3.63) is 23.8 Å². The zero-order chi connectivity index (χ0) is 14.2. The summed E-state index contributed by atoms with van der Waals surface area (Å²) < 4.78 is 5.55. The Balaban J connectivity index is 1.76. The fourth-order valence-electron chi connectivity index (χ4n) is 1.83. The summed E-state index contributed by atoms with van der Waals surface area (Å²) in [5, 5.41) is 16.6. The highest BCUT2D eigenvalue weighted by molar-refractivity contribution is 5.54. The number of nitrogens with one attached hydrogen (secondary N) is 2. The minimum absolute atomic E-state index is 0.521. The fraction of sp³-hybridized carbons (Fsp3) is 0.462. The van der Waals surface area contributed by atoms with Gasteiger partial charge in [-0.25, -0.2) is 0 Å². The molecule has 1 aromatic carbocycles. The normalized spacial score (nSPS) is 10.4. The van der Waals surface area contributed by atoms with Crippen LogP contribution in [0.5, 0.6) is 5.75 Å². The molecule has 0 bridgehead atoms. The Labute approximate surface area is 117 Å². The molecular weight excluding hydrogens is 256 g/mol. The van der Waals surface area contributed by atoms with E-state index >= 15 is 0 Å². The van der Waals surface area contributed by atoms with Gasteiger partial charge in [-0.3, -0.25) is 0 Å². The van der Waals surface area contributed by atoms with E-state index in [0.717, 1.165) is 31.6 Å². The lowest BCUT2D eigenvalue weighted by Crippen LogP contribution is -2.05. The first-order valence-corrected chi connectivity index (χ1v) is 6.78. The van der Waals surface area contributed by atoms with Gasteiger partial charge in [-0.05, 0) is 42.2 Å². The van der Waals surface area contributed by atoms with Gasteiger partial charge in [0.1, 0.15) is 5.75 Å². The topological polar surface area (TPSA) is 102 Å². The van der Waals surface area contributed by atoms with Gasteiger partial charge in [0.15, 0.2) is 0 Å². The molecule has 1 aromatic heterocycles. The Morgan fingerprint density at radius 1 is 1.40 bits per heavy atom. The lowest BCUT2D eigenvalue weighted by Gasteiger charge is -2.09. The first-order valence-electron chi connectivity index (χ1n) is 6.78. The number of H-pyrrole nitrogens is 1. The first-order chi connectivity index (χ1) is 9.79. The number of ether oxygens (including phenoxy) is 1. The van der Waals surface area contributed by atoms with Crippen LogP contribution in [0.2, 0.25) is 0 Å². The van der Waals surface area contributed by atoms with Crippen molar-refractivity contribution in [1.82, 2.24) is 20.6 Å². The number of nitrogens with two attached hydrogens (primary N) is 1. The molecule has 0 unspecified atom stereocenters. The van der Waals surface area contributed by atoms with Crippen LogP contribution in [0.25, 0.3) is 0 Å². The van der Waals surface area contributed by atoms with Crippen molar-refractivity contribution in [3.63, 3.8) is 0 Å². The van der Waals surface area contributed by atoms with Crippen molar-refractivity contribution in [2.24, 2.45) is 0 Å².